The van der Waals surface area contributed by atoms with Crippen molar-refractivity contribution in [2.45, 2.75) is 25.3 Å². The first kappa shape index (κ1) is 14.1. The molecule has 120 valence electrons. The summed E-state index contributed by atoms with van der Waals surface area (Å²) in [7, 11) is 0. The van der Waals surface area contributed by atoms with E-state index in [4.69, 9.17) is 5.26 Å². The van der Waals surface area contributed by atoms with Crippen LogP contribution >= 0.6 is 0 Å². The number of amides is 1. The van der Waals surface area contributed by atoms with Gasteiger partial charge in [0.25, 0.3) is 0 Å². The first-order chi connectivity index (χ1) is 11.2. The Bertz CT molecular complexity index is 716. The van der Waals surface area contributed by atoms with Crippen molar-refractivity contribution in [1.82, 2.24) is 14.8 Å². The lowest BCUT2D eigenvalue weighted by Gasteiger charge is -2.56. The lowest BCUT2D eigenvalue weighted by molar-refractivity contribution is -0.153. The number of aliphatic imine (C=N–C) groups is 1. The SMILES string of the molecule is CC1CN(C(=O)CC#N)C12CCN(C1=NCNc3[nH]ccc31)C2. The summed E-state index contributed by atoms with van der Waals surface area (Å²) in [6, 6.07) is 4.02. The summed E-state index contributed by atoms with van der Waals surface area (Å²) in [5.41, 5.74) is 0.966. The van der Waals surface area contributed by atoms with Crippen molar-refractivity contribution in [3.8, 4) is 6.07 Å². The van der Waals surface area contributed by atoms with E-state index in [-0.39, 0.29) is 17.9 Å². The number of hydrogen-bond donors (Lipinski definition) is 2. The van der Waals surface area contributed by atoms with E-state index < -0.39 is 0 Å². The molecule has 7 nitrogen and oxygen atoms in total. The molecule has 2 N–H and O–H groups in total. The van der Waals surface area contributed by atoms with Crippen LogP contribution < -0.4 is 5.32 Å². The molecule has 0 bridgehead atoms. The number of carbonyl (C=O) groups is 1. The molecule has 2 saturated heterocycles. The summed E-state index contributed by atoms with van der Waals surface area (Å²) in [6.45, 7) is 5.22. The third kappa shape index (κ3) is 1.94. The summed E-state index contributed by atoms with van der Waals surface area (Å²) in [4.78, 5) is 24.2. The number of nitriles is 1. The van der Waals surface area contributed by atoms with Crippen molar-refractivity contribution in [1.29, 1.82) is 5.26 Å². The van der Waals surface area contributed by atoms with Gasteiger partial charge in [0.1, 0.15) is 24.7 Å². The number of fused-ring (bicyclic) bond motifs is 1. The molecule has 2 fully saturated rings. The quantitative estimate of drug-likeness (QED) is 0.809. The van der Waals surface area contributed by atoms with Crippen LogP contribution in [0.4, 0.5) is 5.82 Å². The number of rotatable bonds is 1. The molecule has 7 heteroatoms. The molecule has 4 heterocycles. The second kappa shape index (κ2) is 5.01. The number of aromatic nitrogens is 1. The van der Waals surface area contributed by atoms with E-state index >= 15 is 0 Å². The molecule has 1 amide bonds. The van der Waals surface area contributed by atoms with E-state index in [9.17, 15) is 4.79 Å². The standard InChI is InChI=1S/C16H20N6O/c1-11-8-22(13(23)2-5-17)16(11)4-7-21(9-16)15-12-3-6-18-14(12)19-10-20-15/h3,6,11,18-19H,2,4,7-10H2,1H3. The topological polar surface area (TPSA) is 87.5 Å². The summed E-state index contributed by atoms with van der Waals surface area (Å²) in [6.07, 6.45) is 2.83. The number of aromatic amines is 1. The Kier molecular flexibility index (Phi) is 3.08. The van der Waals surface area contributed by atoms with Crippen LogP contribution in [0.2, 0.25) is 0 Å². The van der Waals surface area contributed by atoms with Gasteiger partial charge in [-0.05, 0) is 18.4 Å². The van der Waals surface area contributed by atoms with Crippen LogP contribution in [0.5, 0.6) is 0 Å². The van der Waals surface area contributed by atoms with Gasteiger partial charge in [0.15, 0.2) is 0 Å². The van der Waals surface area contributed by atoms with Crippen molar-refractivity contribution in [3.05, 3.63) is 17.8 Å². The van der Waals surface area contributed by atoms with Crippen LogP contribution in [0.15, 0.2) is 17.3 Å². The van der Waals surface area contributed by atoms with Gasteiger partial charge >= 0.3 is 0 Å². The molecule has 2 atom stereocenters. The van der Waals surface area contributed by atoms with Gasteiger partial charge in [-0.15, -0.1) is 0 Å². The average molecular weight is 312 g/mol. The fraction of sp³-hybridized carbons (Fsp3) is 0.562. The fourth-order valence-electron chi connectivity index (χ4n) is 4.16. The van der Waals surface area contributed by atoms with Crippen molar-refractivity contribution in [2.24, 2.45) is 10.9 Å². The highest BCUT2D eigenvalue weighted by Crippen LogP contribution is 2.44. The van der Waals surface area contributed by atoms with Gasteiger partial charge in [0.05, 0.1) is 17.2 Å². The van der Waals surface area contributed by atoms with E-state index in [1.165, 1.54) is 0 Å². The van der Waals surface area contributed by atoms with Gasteiger partial charge in [-0.3, -0.25) is 4.79 Å². The van der Waals surface area contributed by atoms with E-state index in [1.807, 2.05) is 23.2 Å². The average Bonchev–Trinajstić information content (AvgIpc) is 3.20. The van der Waals surface area contributed by atoms with Crippen molar-refractivity contribution in [3.63, 3.8) is 0 Å². The molecule has 0 saturated carbocycles. The van der Waals surface area contributed by atoms with E-state index in [2.05, 4.69) is 27.1 Å². The number of amidine groups is 1. The molecule has 0 radical (unpaired) electrons. The molecule has 1 aromatic heterocycles. The van der Waals surface area contributed by atoms with Gasteiger partial charge in [0, 0.05) is 25.8 Å². The van der Waals surface area contributed by atoms with Crippen LogP contribution in [0, 0.1) is 17.2 Å². The van der Waals surface area contributed by atoms with Crippen molar-refractivity contribution >= 4 is 17.6 Å². The van der Waals surface area contributed by atoms with Crippen LogP contribution in [0.25, 0.3) is 0 Å². The zero-order valence-corrected chi connectivity index (χ0v) is 13.2. The second-order valence-corrected chi connectivity index (χ2v) is 6.60. The Morgan fingerprint density at radius 3 is 3.26 bits per heavy atom. The maximum absolute atomic E-state index is 12.2. The third-order valence-electron chi connectivity index (χ3n) is 5.49. The molecule has 23 heavy (non-hydrogen) atoms. The number of nitrogens with zero attached hydrogens (tertiary/aromatic N) is 4. The zero-order chi connectivity index (χ0) is 16.0. The highest BCUT2D eigenvalue weighted by Gasteiger charge is 2.56. The number of anilines is 1. The molecular formula is C16H20N6O. The second-order valence-electron chi connectivity index (χ2n) is 6.60. The zero-order valence-electron chi connectivity index (χ0n) is 13.2. The Morgan fingerprint density at radius 1 is 1.61 bits per heavy atom. The van der Waals surface area contributed by atoms with Gasteiger partial charge in [0.2, 0.25) is 5.91 Å². The molecule has 3 aliphatic heterocycles. The Morgan fingerprint density at radius 2 is 2.48 bits per heavy atom. The molecule has 2 unspecified atom stereocenters. The lowest BCUT2D eigenvalue weighted by atomic mass is 9.74. The lowest BCUT2D eigenvalue weighted by Crippen LogP contribution is -2.69. The van der Waals surface area contributed by atoms with Gasteiger partial charge in [-0.2, -0.15) is 5.26 Å². The number of likely N-dealkylation sites (tertiary alicyclic amines) is 2. The molecule has 1 aromatic rings. The highest BCUT2D eigenvalue weighted by molar-refractivity contribution is 6.04. The van der Waals surface area contributed by atoms with Crippen LogP contribution in [0.1, 0.15) is 25.3 Å². The molecule has 4 rings (SSSR count). The van der Waals surface area contributed by atoms with Crippen molar-refractivity contribution in [2.75, 3.05) is 31.6 Å². The van der Waals surface area contributed by atoms with Gasteiger partial charge in [-0.1, -0.05) is 6.92 Å². The molecule has 3 aliphatic rings. The summed E-state index contributed by atoms with van der Waals surface area (Å²) < 4.78 is 0. The summed E-state index contributed by atoms with van der Waals surface area (Å²) in [5, 5.41) is 12.0. The number of carbonyl (C=O) groups excluding carboxylic acids is 1. The van der Waals surface area contributed by atoms with Crippen LogP contribution in [-0.2, 0) is 4.79 Å². The molecule has 0 aliphatic carbocycles. The molecule has 1 spiro atoms. The summed E-state index contributed by atoms with van der Waals surface area (Å²) in [5.74, 6) is 2.43. The van der Waals surface area contributed by atoms with Gasteiger partial charge in [-0.25, -0.2) is 4.99 Å². The normalized spacial score (nSPS) is 28.7. The predicted molar refractivity (Wildman–Crippen MR) is 85.8 cm³/mol. The van der Waals surface area contributed by atoms with E-state index in [0.29, 0.717) is 12.6 Å². The minimum Gasteiger partial charge on any atom is -0.354 e. The third-order valence-corrected chi connectivity index (χ3v) is 5.49. The molecular weight excluding hydrogens is 292 g/mol. The van der Waals surface area contributed by atoms with E-state index in [0.717, 1.165) is 43.3 Å². The van der Waals surface area contributed by atoms with Crippen LogP contribution in [0.3, 0.4) is 0 Å². The summed E-state index contributed by atoms with van der Waals surface area (Å²) >= 11 is 0. The minimum atomic E-state index is -0.127. The first-order valence-corrected chi connectivity index (χ1v) is 8.04. The first-order valence-electron chi connectivity index (χ1n) is 8.04. The monoisotopic (exact) mass is 312 g/mol. The van der Waals surface area contributed by atoms with E-state index in [1.54, 1.807) is 0 Å². The highest BCUT2D eigenvalue weighted by atomic mass is 16.2. The predicted octanol–water partition coefficient (Wildman–Crippen LogP) is 0.981. The Hall–Kier alpha value is -2.49. The van der Waals surface area contributed by atoms with Crippen LogP contribution in [-0.4, -0.2) is 58.4 Å². The Balaban J connectivity index is 1.56. The largest absolute Gasteiger partial charge is 0.354 e. The van der Waals surface area contributed by atoms with Gasteiger partial charge < -0.3 is 20.1 Å². The minimum absolute atomic E-state index is 0.0265. The fourth-order valence-corrected chi connectivity index (χ4v) is 4.16. The Labute approximate surface area is 135 Å². The smallest absolute Gasteiger partial charge is 0.237 e. The maximum atomic E-state index is 12.2. The maximum Gasteiger partial charge on any atom is 0.237 e. The number of hydrogen-bond acceptors (Lipinski definition) is 5. The number of H-pyrrole nitrogens is 1. The van der Waals surface area contributed by atoms with Crippen molar-refractivity contribution < 1.29 is 4.79 Å². The number of nitrogens with one attached hydrogen (secondary N) is 2. The molecule has 0 aromatic carbocycles.